The summed E-state index contributed by atoms with van der Waals surface area (Å²) in [6, 6.07) is 8.18. The number of nitrogens with one attached hydrogen (secondary N) is 2. The highest BCUT2D eigenvalue weighted by Gasteiger charge is 2.28. The van der Waals surface area contributed by atoms with Crippen LogP contribution in [0, 0.1) is 0 Å². The molecule has 1 aromatic carbocycles. The largest absolute Gasteiger partial charge is 0.416 e. The molecule has 0 radical (unpaired) electrons. The maximum absolute atomic E-state index is 11.9. The number of hydrogen-bond donors (Lipinski definition) is 2. The molecule has 0 saturated heterocycles. The second-order valence-corrected chi connectivity index (χ2v) is 5.69. The first-order valence-corrected chi connectivity index (χ1v) is 7.94. The quantitative estimate of drug-likeness (QED) is 0.752. The number of benzene rings is 1. The van der Waals surface area contributed by atoms with E-state index in [1.165, 1.54) is 5.32 Å². The van der Waals surface area contributed by atoms with Gasteiger partial charge in [0, 0.05) is 0 Å². The number of alkyl halides is 3. The van der Waals surface area contributed by atoms with E-state index < -0.39 is 24.7 Å². The molecule has 0 unspecified atom stereocenters. The fourth-order valence-corrected chi connectivity index (χ4v) is 2.23. The fourth-order valence-electron chi connectivity index (χ4n) is 1.65. The van der Waals surface area contributed by atoms with Crippen molar-refractivity contribution in [3.05, 3.63) is 41.8 Å². The summed E-state index contributed by atoms with van der Waals surface area (Å²) in [6.07, 6.45) is -4.12. The van der Waals surface area contributed by atoms with E-state index in [-0.39, 0.29) is 11.0 Å². The minimum absolute atomic E-state index is 0.122. The predicted molar refractivity (Wildman–Crippen MR) is 81.9 cm³/mol. The molecular weight excluding hydrogens is 361 g/mol. The van der Waals surface area contributed by atoms with E-state index in [9.17, 15) is 22.8 Å². The van der Waals surface area contributed by atoms with Crippen LogP contribution in [0.3, 0.4) is 0 Å². The lowest BCUT2D eigenvalue weighted by molar-refractivity contribution is -0.124. The number of hydrogen-bond acceptors (Lipinski definition) is 6. The third-order valence-electron chi connectivity index (χ3n) is 2.68. The SMILES string of the molecule is O=C(CSc1nnc(Cc2ccccc2)o1)NC(=O)NCC(F)(F)F. The second kappa shape index (κ2) is 8.51. The minimum atomic E-state index is -4.55. The monoisotopic (exact) mass is 374 g/mol. The summed E-state index contributed by atoms with van der Waals surface area (Å²) in [5.74, 6) is -0.684. The van der Waals surface area contributed by atoms with E-state index in [4.69, 9.17) is 4.42 Å². The summed E-state index contributed by atoms with van der Waals surface area (Å²) in [6.45, 7) is -1.52. The molecule has 2 aromatic rings. The first kappa shape index (κ1) is 18.8. The summed E-state index contributed by atoms with van der Waals surface area (Å²) in [5.41, 5.74) is 0.974. The summed E-state index contributed by atoms with van der Waals surface area (Å²) in [7, 11) is 0. The van der Waals surface area contributed by atoms with Crippen LogP contribution in [-0.4, -0.2) is 40.6 Å². The Hall–Kier alpha value is -2.56. The topological polar surface area (TPSA) is 97.1 Å². The van der Waals surface area contributed by atoms with Crippen molar-refractivity contribution in [2.24, 2.45) is 0 Å². The van der Waals surface area contributed by atoms with Crippen LogP contribution >= 0.6 is 11.8 Å². The molecule has 2 N–H and O–H groups in total. The van der Waals surface area contributed by atoms with Gasteiger partial charge in [-0.1, -0.05) is 42.1 Å². The van der Waals surface area contributed by atoms with Crippen LogP contribution in [0.1, 0.15) is 11.5 Å². The average Bonchev–Trinajstić information content (AvgIpc) is 2.99. The molecule has 134 valence electrons. The standard InChI is InChI=1S/C14H13F3N4O3S/c15-14(16,17)8-18-12(23)19-10(22)7-25-13-21-20-11(24-13)6-9-4-2-1-3-5-9/h1-5H,6-8H2,(H2,18,19,22,23). The molecule has 0 bridgehead atoms. The van der Waals surface area contributed by atoms with E-state index in [1.54, 1.807) is 5.32 Å². The van der Waals surface area contributed by atoms with Crippen LogP contribution < -0.4 is 10.6 Å². The maximum Gasteiger partial charge on any atom is 0.405 e. The van der Waals surface area contributed by atoms with Crippen LogP contribution in [0.5, 0.6) is 0 Å². The second-order valence-electron chi connectivity index (χ2n) is 4.76. The predicted octanol–water partition coefficient (Wildman–Crippen LogP) is 2.14. The smallest absolute Gasteiger partial charge is 0.405 e. The van der Waals surface area contributed by atoms with Gasteiger partial charge in [-0.25, -0.2) is 4.79 Å². The van der Waals surface area contributed by atoms with Gasteiger partial charge in [0.15, 0.2) is 0 Å². The summed E-state index contributed by atoms with van der Waals surface area (Å²) in [4.78, 5) is 22.6. The number of halogens is 3. The van der Waals surface area contributed by atoms with Gasteiger partial charge in [0.2, 0.25) is 11.8 Å². The fraction of sp³-hybridized carbons (Fsp3) is 0.286. The van der Waals surface area contributed by atoms with E-state index in [1.807, 2.05) is 30.3 Å². The number of imide groups is 1. The number of amides is 3. The normalized spacial score (nSPS) is 11.2. The van der Waals surface area contributed by atoms with Gasteiger partial charge >= 0.3 is 12.2 Å². The third kappa shape index (κ3) is 7.25. The molecule has 0 saturated carbocycles. The van der Waals surface area contributed by atoms with Gasteiger partial charge in [-0.3, -0.25) is 10.1 Å². The van der Waals surface area contributed by atoms with Gasteiger partial charge in [0.05, 0.1) is 12.2 Å². The molecule has 0 aliphatic rings. The molecule has 0 spiro atoms. The van der Waals surface area contributed by atoms with Crippen LogP contribution in [0.2, 0.25) is 0 Å². The van der Waals surface area contributed by atoms with Gasteiger partial charge in [-0.2, -0.15) is 13.2 Å². The zero-order valence-corrected chi connectivity index (χ0v) is 13.5. The van der Waals surface area contributed by atoms with Crippen LogP contribution in [0.4, 0.5) is 18.0 Å². The number of urea groups is 1. The van der Waals surface area contributed by atoms with Crippen molar-refractivity contribution in [1.82, 2.24) is 20.8 Å². The van der Waals surface area contributed by atoms with Crippen molar-refractivity contribution < 1.29 is 27.2 Å². The van der Waals surface area contributed by atoms with Gasteiger partial charge < -0.3 is 9.73 Å². The molecule has 1 heterocycles. The van der Waals surface area contributed by atoms with Crippen molar-refractivity contribution in [3.8, 4) is 0 Å². The Balaban J connectivity index is 1.74. The molecule has 0 atom stereocenters. The lowest BCUT2D eigenvalue weighted by Crippen LogP contribution is -2.43. The first-order chi connectivity index (χ1) is 11.8. The van der Waals surface area contributed by atoms with Gasteiger partial charge in [0.1, 0.15) is 6.54 Å². The summed E-state index contributed by atoms with van der Waals surface area (Å²) >= 11 is 0.871. The van der Waals surface area contributed by atoms with Gasteiger partial charge in [-0.15, -0.1) is 10.2 Å². The zero-order valence-electron chi connectivity index (χ0n) is 12.7. The Bertz CT molecular complexity index is 722. The average molecular weight is 374 g/mol. The van der Waals surface area contributed by atoms with Crippen molar-refractivity contribution in [2.45, 2.75) is 17.8 Å². The van der Waals surface area contributed by atoms with Crippen molar-refractivity contribution in [1.29, 1.82) is 0 Å². The number of carbonyl (C=O) groups is 2. The molecule has 0 aliphatic heterocycles. The van der Waals surface area contributed by atoms with Crippen LogP contribution in [0.25, 0.3) is 0 Å². The number of carbonyl (C=O) groups excluding carboxylic acids is 2. The molecular formula is C14H13F3N4O3S. The highest BCUT2D eigenvalue weighted by Crippen LogP contribution is 2.17. The Labute approximate surface area is 144 Å². The molecule has 0 fully saturated rings. The lowest BCUT2D eigenvalue weighted by atomic mass is 10.2. The number of nitrogens with zero attached hydrogens (tertiary/aromatic N) is 2. The minimum Gasteiger partial charge on any atom is -0.416 e. The maximum atomic E-state index is 11.9. The lowest BCUT2D eigenvalue weighted by Gasteiger charge is -2.08. The Morgan fingerprint density at radius 3 is 2.56 bits per heavy atom. The molecule has 0 aliphatic carbocycles. The Morgan fingerprint density at radius 1 is 1.16 bits per heavy atom. The molecule has 11 heteroatoms. The zero-order chi connectivity index (χ0) is 18.3. The summed E-state index contributed by atoms with van der Waals surface area (Å²) in [5, 5.41) is 11.0. The van der Waals surface area contributed by atoms with E-state index in [2.05, 4.69) is 10.2 Å². The van der Waals surface area contributed by atoms with E-state index in [0.29, 0.717) is 12.3 Å². The van der Waals surface area contributed by atoms with Crippen LogP contribution in [0.15, 0.2) is 40.0 Å². The van der Waals surface area contributed by atoms with Crippen molar-refractivity contribution >= 4 is 23.7 Å². The third-order valence-corrected chi connectivity index (χ3v) is 3.49. The summed E-state index contributed by atoms with van der Waals surface area (Å²) < 4.78 is 41.1. The Morgan fingerprint density at radius 2 is 1.88 bits per heavy atom. The molecule has 2 rings (SSSR count). The van der Waals surface area contributed by atoms with Crippen molar-refractivity contribution in [2.75, 3.05) is 12.3 Å². The van der Waals surface area contributed by atoms with E-state index >= 15 is 0 Å². The van der Waals surface area contributed by atoms with Gasteiger partial charge in [0.25, 0.3) is 5.22 Å². The molecule has 3 amide bonds. The number of aromatic nitrogens is 2. The van der Waals surface area contributed by atoms with Gasteiger partial charge in [-0.05, 0) is 5.56 Å². The number of thioether (sulfide) groups is 1. The molecule has 7 nitrogen and oxygen atoms in total. The highest BCUT2D eigenvalue weighted by molar-refractivity contribution is 7.99. The van der Waals surface area contributed by atoms with Crippen LogP contribution in [-0.2, 0) is 11.2 Å². The molecule has 25 heavy (non-hydrogen) atoms. The first-order valence-electron chi connectivity index (χ1n) is 6.95. The highest BCUT2D eigenvalue weighted by atomic mass is 32.2. The number of rotatable bonds is 6. The van der Waals surface area contributed by atoms with E-state index in [0.717, 1.165) is 17.3 Å². The molecule has 1 aromatic heterocycles. The Kier molecular flexibility index (Phi) is 6.39. The van der Waals surface area contributed by atoms with Crippen molar-refractivity contribution in [3.63, 3.8) is 0 Å².